The lowest BCUT2D eigenvalue weighted by Gasteiger charge is -2.20. The van der Waals surface area contributed by atoms with E-state index in [2.05, 4.69) is 4.90 Å². The number of carboxylic acid groups (broad SMARTS) is 1. The van der Waals surface area contributed by atoms with Gasteiger partial charge in [0.05, 0.1) is 0 Å². The van der Waals surface area contributed by atoms with Gasteiger partial charge in [0.25, 0.3) is 0 Å². The van der Waals surface area contributed by atoms with Crippen LogP contribution >= 0.6 is 11.3 Å². The summed E-state index contributed by atoms with van der Waals surface area (Å²) in [5, 5.41) is 8.91. The van der Waals surface area contributed by atoms with Crippen molar-refractivity contribution in [2.24, 2.45) is 5.92 Å². The molecule has 2 aliphatic rings. The molecule has 1 aromatic heterocycles. The SMILES string of the molecule is O=C(O)c1ccc(CN(CC2CC2)C2CC2)s1. The molecule has 2 saturated carbocycles. The molecule has 0 bridgehead atoms. The van der Waals surface area contributed by atoms with Gasteiger partial charge in [-0.05, 0) is 43.7 Å². The molecule has 0 amide bonds. The average Bonchev–Trinajstić information content (AvgIpc) is 3.17. The molecular formula is C13H17NO2S. The summed E-state index contributed by atoms with van der Waals surface area (Å²) < 4.78 is 0. The summed E-state index contributed by atoms with van der Waals surface area (Å²) in [5.74, 6) is 0.107. The van der Waals surface area contributed by atoms with E-state index >= 15 is 0 Å². The topological polar surface area (TPSA) is 40.5 Å². The maximum absolute atomic E-state index is 10.8. The van der Waals surface area contributed by atoms with Crippen molar-refractivity contribution in [3.63, 3.8) is 0 Å². The maximum atomic E-state index is 10.8. The predicted octanol–water partition coefficient (Wildman–Crippen LogP) is 2.82. The third-order valence-corrected chi connectivity index (χ3v) is 4.54. The lowest BCUT2D eigenvalue weighted by molar-refractivity contribution is 0.0702. The van der Waals surface area contributed by atoms with Crippen LogP contribution in [-0.2, 0) is 6.54 Å². The van der Waals surface area contributed by atoms with Crippen molar-refractivity contribution in [1.29, 1.82) is 0 Å². The number of carbonyl (C=O) groups is 1. The van der Waals surface area contributed by atoms with Crippen LogP contribution < -0.4 is 0 Å². The van der Waals surface area contributed by atoms with Crippen LogP contribution in [0.2, 0.25) is 0 Å². The van der Waals surface area contributed by atoms with Crippen LogP contribution in [0.1, 0.15) is 40.2 Å². The van der Waals surface area contributed by atoms with Crippen molar-refractivity contribution < 1.29 is 9.90 Å². The number of rotatable bonds is 6. The third-order valence-electron chi connectivity index (χ3n) is 3.48. The standard InChI is InChI=1S/C13H17NO2S/c15-13(16)12-6-5-11(17-12)8-14(10-3-4-10)7-9-1-2-9/h5-6,9-10H,1-4,7-8H2,(H,15,16). The third kappa shape index (κ3) is 2.87. The second-order valence-corrected chi connectivity index (χ2v) is 6.34. The first kappa shape index (κ1) is 11.2. The van der Waals surface area contributed by atoms with Gasteiger partial charge in [-0.15, -0.1) is 11.3 Å². The zero-order chi connectivity index (χ0) is 11.8. The highest BCUT2D eigenvalue weighted by Gasteiger charge is 2.33. The van der Waals surface area contributed by atoms with E-state index in [1.807, 2.05) is 6.07 Å². The summed E-state index contributed by atoms with van der Waals surface area (Å²) in [6.45, 7) is 2.16. The Balaban J connectivity index is 1.63. The van der Waals surface area contributed by atoms with Gasteiger partial charge in [0.2, 0.25) is 0 Å². The summed E-state index contributed by atoms with van der Waals surface area (Å²) in [5.41, 5.74) is 0. The zero-order valence-corrected chi connectivity index (χ0v) is 10.6. The minimum Gasteiger partial charge on any atom is -0.477 e. The van der Waals surface area contributed by atoms with Gasteiger partial charge in [-0.25, -0.2) is 4.79 Å². The largest absolute Gasteiger partial charge is 0.477 e. The molecule has 2 aliphatic carbocycles. The molecule has 3 rings (SSSR count). The number of hydrogen-bond donors (Lipinski definition) is 1. The molecule has 0 saturated heterocycles. The Morgan fingerprint density at radius 1 is 1.35 bits per heavy atom. The fraction of sp³-hybridized carbons (Fsp3) is 0.615. The molecule has 0 aromatic carbocycles. The molecule has 0 atom stereocenters. The molecule has 0 unspecified atom stereocenters. The molecule has 1 N–H and O–H groups in total. The van der Waals surface area contributed by atoms with Crippen LogP contribution in [0.15, 0.2) is 12.1 Å². The Hall–Kier alpha value is -0.870. The highest BCUT2D eigenvalue weighted by Crippen LogP contribution is 2.36. The van der Waals surface area contributed by atoms with E-state index in [1.165, 1.54) is 48.4 Å². The van der Waals surface area contributed by atoms with Crippen molar-refractivity contribution in [1.82, 2.24) is 4.90 Å². The first-order valence-corrected chi connectivity index (χ1v) is 7.10. The van der Waals surface area contributed by atoms with Crippen LogP contribution in [0, 0.1) is 5.92 Å². The first-order chi connectivity index (χ1) is 8.22. The molecule has 0 radical (unpaired) electrons. The highest BCUT2D eigenvalue weighted by atomic mass is 32.1. The van der Waals surface area contributed by atoms with E-state index in [0.717, 1.165) is 18.5 Å². The van der Waals surface area contributed by atoms with Gasteiger partial charge in [0.15, 0.2) is 0 Å². The van der Waals surface area contributed by atoms with Gasteiger partial charge in [-0.3, -0.25) is 4.90 Å². The summed E-state index contributed by atoms with van der Waals surface area (Å²) >= 11 is 1.42. The number of thiophene rings is 1. The summed E-state index contributed by atoms with van der Waals surface area (Å²) in [7, 11) is 0. The zero-order valence-electron chi connectivity index (χ0n) is 9.76. The van der Waals surface area contributed by atoms with E-state index in [0.29, 0.717) is 4.88 Å². The average molecular weight is 251 g/mol. The molecule has 4 heteroatoms. The Bertz CT molecular complexity index is 421. The van der Waals surface area contributed by atoms with E-state index in [4.69, 9.17) is 5.11 Å². The number of hydrogen-bond acceptors (Lipinski definition) is 3. The molecule has 0 aliphatic heterocycles. The molecule has 92 valence electrons. The molecule has 0 spiro atoms. The van der Waals surface area contributed by atoms with Crippen LogP contribution in [0.25, 0.3) is 0 Å². The monoisotopic (exact) mass is 251 g/mol. The van der Waals surface area contributed by atoms with Gasteiger partial charge in [-0.2, -0.15) is 0 Å². The van der Waals surface area contributed by atoms with Crippen molar-refractivity contribution in [3.8, 4) is 0 Å². The number of nitrogens with zero attached hydrogens (tertiary/aromatic N) is 1. The molecule has 1 heterocycles. The summed E-state index contributed by atoms with van der Waals surface area (Å²) in [6.07, 6.45) is 5.41. The second kappa shape index (κ2) is 4.42. The number of carboxylic acids is 1. The van der Waals surface area contributed by atoms with E-state index in [9.17, 15) is 4.79 Å². The fourth-order valence-corrected chi connectivity index (χ4v) is 3.06. The van der Waals surface area contributed by atoms with Crippen LogP contribution in [0.4, 0.5) is 0 Å². The van der Waals surface area contributed by atoms with Crippen molar-refractivity contribution in [2.45, 2.75) is 38.3 Å². The molecule has 2 fully saturated rings. The van der Waals surface area contributed by atoms with Crippen molar-refractivity contribution >= 4 is 17.3 Å². The van der Waals surface area contributed by atoms with Crippen molar-refractivity contribution in [2.75, 3.05) is 6.54 Å². The summed E-state index contributed by atoms with van der Waals surface area (Å²) in [6, 6.07) is 4.46. The lowest BCUT2D eigenvalue weighted by atomic mass is 10.3. The fourth-order valence-electron chi connectivity index (χ4n) is 2.19. The highest BCUT2D eigenvalue weighted by molar-refractivity contribution is 7.13. The van der Waals surface area contributed by atoms with Gasteiger partial charge >= 0.3 is 5.97 Å². The van der Waals surface area contributed by atoms with Crippen LogP contribution in [0.5, 0.6) is 0 Å². The van der Waals surface area contributed by atoms with Crippen LogP contribution in [0.3, 0.4) is 0 Å². The quantitative estimate of drug-likeness (QED) is 0.845. The first-order valence-electron chi connectivity index (χ1n) is 6.28. The van der Waals surface area contributed by atoms with E-state index < -0.39 is 5.97 Å². The number of aromatic carboxylic acids is 1. The van der Waals surface area contributed by atoms with Gasteiger partial charge in [0.1, 0.15) is 4.88 Å². The normalized spacial score (nSPS) is 19.8. The lowest BCUT2D eigenvalue weighted by Crippen LogP contribution is -2.27. The minimum absolute atomic E-state index is 0.460. The Labute approximate surface area is 105 Å². The van der Waals surface area contributed by atoms with E-state index in [-0.39, 0.29) is 0 Å². The molecule has 3 nitrogen and oxygen atoms in total. The minimum atomic E-state index is -0.804. The molecular weight excluding hydrogens is 234 g/mol. The van der Waals surface area contributed by atoms with Crippen molar-refractivity contribution in [3.05, 3.63) is 21.9 Å². The second-order valence-electron chi connectivity index (χ2n) is 5.18. The van der Waals surface area contributed by atoms with Gasteiger partial charge in [0, 0.05) is 24.0 Å². The Morgan fingerprint density at radius 2 is 2.12 bits per heavy atom. The maximum Gasteiger partial charge on any atom is 0.345 e. The molecule has 17 heavy (non-hydrogen) atoms. The summed E-state index contributed by atoms with van der Waals surface area (Å²) in [4.78, 5) is 15.0. The Morgan fingerprint density at radius 3 is 2.65 bits per heavy atom. The Kier molecular flexibility index (Phi) is 2.92. The van der Waals surface area contributed by atoms with Crippen LogP contribution in [-0.4, -0.2) is 28.6 Å². The van der Waals surface area contributed by atoms with Gasteiger partial charge < -0.3 is 5.11 Å². The van der Waals surface area contributed by atoms with E-state index in [1.54, 1.807) is 6.07 Å². The van der Waals surface area contributed by atoms with Gasteiger partial charge in [-0.1, -0.05) is 0 Å². The predicted molar refractivity (Wildman–Crippen MR) is 67.4 cm³/mol. The smallest absolute Gasteiger partial charge is 0.345 e. The molecule has 1 aromatic rings.